The first kappa shape index (κ1) is 14.8. The molecule has 0 bridgehead atoms. The summed E-state index contributed by atoms with van der Waals surface area (Å²) in [5.74, 6) is 0.764. The van der Waals surface area contributed by atoms with E-state index in [1.165, 1.54) is 4.64 Å². The Kier molecular flexibility index (Phi) is 3.91. The van der Waals surface area contributed by atoms with E-state index in [0.29, 0.717) is 0 Å². The Bertz CT molecular complexity index is 837. The zero-order valence-electron chi connectivity index (χ0n) is 12.8. The zero-order valence-corrected chi connectivity index (χ0v) is 13.6. The van der Waals surface area contributed by atoms with Crippen molar-refractivity contribution in [3.8, 4) is 0 Å². The van der Waals surface area contributed by atoms with Crippen LogP contribution in [0.3, 0.4) is 0 Å². The van der Waals surface area contributed by atoms with E-state index < -0.39 is 0 Å². The van der Waals surface area contributed by atoms with Crippen LogP contribution in [-0.2, 0) is 0 Å². The number of nitrogens with zero attached hydrogens (tertiary/aromatic N) is 4. The Hall–Kier alpha value is -2.82. The van der Waals surface area contributed by atoms with Crippen molar-refractivity contribution in [3.63, 3.8) is 0 Å². The molecule has 0 aliphatic carbocycles. The van der Waals surface area contributed by atoms with Crippen molar-refractivity contribution in [2.75, 3.05) is 10.1 Å². The second kappa shape index (κ2) is 6.35. The maximum absolute atomic E-state index is 6.63. The highest BCUT2D eigenvalue weighted by molar-refractivity contribution is 6.21. The van der Waals surface area contributed by atoms with Gasteiger partial charge in [-0.3, -0.25) is 0 Å². The highest BCUT2D eigenvalue weighted by Gasteiger charge is 2.34. The lowest BCUT2D eigenvalue weighted by atomic mass is 10.2. The Morgan fingerprint density at radius 1 is 0.625 bits per heavy atom. The zero-order chi connectivity index (χ0) is 16.4. The van der Waals surface area contributed by atoms with Crippen molar-refractivity contribution in [2.45, 2.75) is 0 Å². The van der Waals surface area contributed by atoms with Crippen LogP contribution >= 0.6 is 11.8 Å². The second-order valence-electron chi connectivity index (χ2n) is 5.30. The molecule has 4 nitrogen and oxygen atoms in total. The van der Waals surface area contributed by atoms with Gasteiger partial charge in [0.15, 0.2) is 5.84 Å². The summed E-state index contributed by atoms with van der Waals surface area (Å²) < 4.78 is 1.49. The number of hydrazine groups is 2. The molecule has 5 heteroatoms. The van der Waals surface area contributed by atoms with Gasteiger partial charge in [0.1, 0.15) is 0 Å². The number of benzene rings is 3. The fourth-order valence-corrected chi connectivity index (χ4v) is 2.88. The monoisotopic (exact) mass is 334 g/mol. The third-order valence-electron chi connectivity index (χ3n) is 3.73. The van der Waals surface area contributed by atoms with E-state index in [1.54, 1.807) is 5.12 Å². The van der Waals surface area contributed by atoms with Gasteiger partial charge < -0.3 is 0 Å². The molecule has 0 amide bonds. The average molecular weight is 335 g/mol. The Morgan fingerprint density at radius 2 is 1.12 bits per heavy atom. The van der Waals surface area contributed by atoms with Gasteiger partial charge in [-0.1, -0.05) is 66.7 Å². The van der Waals surface area contributed by atoms with E-state index in [1.807, 2.05) is 96.0 Å². The Morgan fingerprint density at radius 3 is 1.71 bits per heavy atom. The molecule has 3 aromatic rings. The maximum Gasteiger partial charge on any atom is 0.179 e. The third kappa shape index (κ3) is 2.62. The number of para-hydroxylation sites is 2. The maximum atomic E-state index is 6.63. The molecule has 0 atom stereocenters. The normalized spacial score (nSPS) is 14.8. The molecule has 0 spiro atoms. The molecule has 0 aromatic heterocycles. The molecule has 1 aliphatic heterocycles. The van der Waals surface area contributed by atoms with Crippen LogP contribution < -0.4 is 10.1 Å². The van der Waals surface area contributed by atoms with Gasteiger partial charge in [0.2, 0.25) is 0 Å². The molecule has 24 heavy (non-hydrogen) atoms. The van der Waals surface area contributed by atoms with Crippen molar-refractivity contribution in [2.24, 2.45) is 5.10 Å². The van der Waals surface area contributed by atoms with E-state index in [0.717, 1.165) is 22.8 Å². The minimum absolute atomic E-state index is 0.764. The molecular formula is C19H15ClN4. The number of anilines is 2. The van der Waals surface area contributed by atoms with Gasteiger partial charge in [0.25, 0.3) is 0 Å². The van der Waals surface area contributed by atoms with Crippen LogP contribution in [0, 0.1) is 0 Å². The van der Waals surface area contributed by atoms with E-state index in [2.05, 4.69) is 0 Å². The molecule has 1 aliphatic rings. The van der Waals surface area contributed by atoms with Crippen LogP contribution in [0.4, 0.5) is 11.4 Å². The van der Waals surface area contributed by atoms with Crippen molar-refractivity contribution in [1.29, 1.82) is 0 Å². The summed E-state index contributed by atoms with van der Waals surface area (Å²) >= 11 is 6.63. The number of halogens is 1. The average Bonchev–Trinajstić information content (AvgIpc) is 3.01. The first-order valence-corrected chi connectivity index (χ1v) is 7.98. The van der Waals surface area contributed by atoms with Crippen LogP contribution in [0.15, 0.2) is 96.1 Å². The highest BCUT2D eigenvalue weighted by atomic mass is 35.5. The quantitative estimate of drug-likeness (QED) is 0.650. The fraction of sp³-hybridized carbons (Fsp3) is 0. The molecular weight excluding hydrogens is 320 g/mol. The first-order valence-electron chi connectivity index (χ1n) is 7.65. The highest BCUT2D eigenvalue weighted by Crippen LogP contribution is 2.31. The van der Waals surface area contributed by atoms with Gasteiger partial charge in [-0.05, 0) is 28.9 Å². The van der Waals surface area contributed by atoms with E-state index in [-0.39, 0.29) is 0 Å². The topological polar surface area (TPSA) is 22.1 Å². The number of hydrogen-bond acceptors (Lipinski definition) is 4. The molecule has 0 saturated heterocycles. The van der Waals surface area contributed by atoms with Crippen molar-refractivity contribution < 1.29 is 0 Å². The molecule has 0 fully saturated rings. The molecule has 0 radical (unpaired) electrons. The summed E-state index contributed by atoms with van der Waals surface area (Å²) in [6.07, 6.45) is 0. The molecule has 0 saturated carbocycles. The number of hydrazone groups is 1. The summed E-state index contributed by atoms with van der Waals surface area (Å²) in [6.45, 7) is 0. The lowest BCUT2D eigenvalue weighted by Gasteiger charge is -2.28. The van der Waals surface area contributed by atoms with Crippen LogP contribution in [0.2, 0.25) is 0 Å². The summed E-state index contributed by atoms with van der Waals surface area (Å²) in [7, 11) is 0. The van der Waals surface area contributed by atoms with Gasteiger partial charge in [0.05, 0.1) is 11.4 Å². The second-order valence-corrected chi connectivity index (χ2v) is 5.60. The Labute approximate surface area is 145 Å². The predicted molar refractivity (Wildman–Crippen MR) is 98.5 cm³/mol. The van der Waals surface area contributed by atoms with Gasteiger partial charge in [0, 0.05) is 17.3 Å². The molecule has 3 aromatic carbocycles. The molecule has 0 unspecified atom stereocenters. The predicted octanol–water partition coefficient (Wildman–Crippen LogP) is 4.66. The minimum Gasteiger partial charge on any atom is -0.220 e. The van der Waals surface area contributed by atoms with Crippen molar-refractivity contribution in [1.82, 2.24) is 4.64 Å². The SMILES string of the molecule is ClN1N(c2ccccc2)N=C(c2ccccc2)N1c1ccccc1. The smallest absolute Gasteiger partial charge is 0.179 e. The van der Waals surface area contributed by atoms with Crippen LogP contribution in [0.5, 0.6) is 0 Å². The van der Waals surface area contributed by atoms with Gasteiger partial charge >= 0.3 is 0 Å². The Balaban J connectivity index is 1.82. The standard InChI is InChI=1S/C19H15ClN4/c20-24-22(17-12-6-2-7-13-17)19(16-10-4-1-5-11-16)21-23(24)18-14-8-3-9-15-18/h1-15H. The molecule has 0 N–H and O–H groups in total. The third-order valence-corrected chi connectivity index (χ3v) is 4.03. The molecule has 118 valence electrons. The fourth-order valence-electron chi connectivity index (χ4n) is 2.60. The number of amidine groups is 1. The van der Waals surface area contributed by atoms with Crippen molar-refractivity contribution >= 4 is 29.0 Å². The van der Waals surface area contributed by atoms with Crippen LogP contribution in [0.1, 0.15) is 5.56 Å². The van der Waals surface area contributed by atoms with Crippen molar-refractivity contribution in [3.05, 3.63) is 96.6 Å². The first-order chi connectivity index (χ1) is 11.8. The summed E-state index contributed by atoms with van der Waals surface area (Å²) in [5, 5.41) is 8.29. The van der Waals surface area contributed by atoms with E-state index in [9.17, 15) is 0 Å². The minimum atomic E-state index is 0.764. The van der Waals surface area contributed by atoms with Gasteiger partial charge in [-0.2, -0.15) is 5.12 Å². The summed E-state index contributed by atoms with van der Waals surface area (Å²) in [6, 6.07) is 29.8. The summed E-state index contributed by atoms with van der Waals surface area (Å²) in [5.41, 5.74) is 2.82. The lowest BCUT2D eigenvalue weighted by molar-refractivity contribution is 0.476. The lowest BCUT2D eigenvalue weighted by Crippen LogP contribution is -2.41. The van der Waals surface area contributed by atoms with Crippen LogP contribution in [0.25, 0.3) is 0 Å². The van der Waals surface area contributed by atoms with Gasteiger partial charge in [-0.15, -0.1) is 5.10 Å². The molecule has 1 heterocycles. The van der Waals surface area contributed by atoms with E-state index >= 15 is 0 Å². The summed E-state index contributed by atoms with van der Waals surface area (Å²) in [4.78, 5) is 0. The number of rotatable bonds is 3. The van der Waals surface area contributed by atoms with E-state index in [4.69, 9.17) is 16.9 Å². The molecule has 4 rings (SSSR count). The van der Waals surface area contributed by atoms with Crippen LogP contribution in [-0.4, -0.2) is 10.5 Å². The number of hydrogen-bond donors (Lipinski definition) is 0. The van der Waals surface area contributed by atoms with Gasteiger partial charge in [-0.25, -0.2) is 5.01 Å². The largest absolute Gasteiger partial charge is 0.220 e.